The van der Waals surface area contributed by atoms with Gasteiger partial charge in [0.25, 0.3) is 0 Å². The van der Waals surface area contributed by atoms with E-state index < -0.39 is 0 Å². The van der Waals surface area contributed by atoms with E-state index in [0.717, 1.165) is 52.6 Å². The molecule has 4 rings (SSSR count). The van der Waals surface area contributed by atoms with Crippen molar-refractivity contribution in [2.75, 3.05) is 13.7 Å². The van der Waals surface area contributed by atoms with E-state index in [4.69, 9.17) is 4.74 Å². The van der Waals surface area contributed by atoms with Gasteiger partial charge in [-0.05, 0) is 25.1 Å². The summed E-state index contributed by atoms with van der Waals surface area (Å²) in [6.07, 6.45) is 0.988. The molecule has 3 aromatic rings. The van der Waals surface area contributed by atoms with Gasteiger partial charge in [0.2, 0.25) is 0 Å². The van der Waals surface area contributed by atoms with Crippen LogP contribution in [0.1, 0.15) is 21.3 Å². The Kier molecular flexibility index (Phi) is 3.38. The second-order valence-electron chi connectivity index (χ2n) is 5.83. The van der Waals surface area contributed by atoms with Crippen LogP contribution in [0.3, 0.4) is 0 Å². The fourth-order valence-corrected chi connectivity index (χ4v) is 4.18. The van der Waals surface area contributed by atoms with Gasteiger partial charge in [0.1, 0.15) is 5.75 Å². The van der Waals surface area contributed by atoms with Gasteiger partial charge in [-0.25, -0.2) is 4.98 Å². The number of ether oxygens (including phenoxy) is 1. The Labute approximate surface area is 139 Å². The molecule has 1 aromatic carbocycles. The molecule has 5 heteroatoms. The molecule has 3 heterocycles. The van der Waals surface area contributed by atoms with Crippen LogP contribution in [0.4, 0.5) is 0 Å². The molecule has 1 N–H and O–H groups in total. The maximum absolute atomic E-state index is 5.45. The van der Waals surface area contributed by atoms with Crippen molar-refractivity contribution in [3.05, 3.63) is 52.1 Å². The first-order chi connectivity index (χ1) is 11.2. The van der Waals surface area contributed by atoms with Crippen molar-refractivity contribution in [1.82, 2.24) is 14.9 Å². The molecule has 1 aliphatic rings. The van der Waals surface area contributed by atoms with Gasteiger partial charge in [0.05, 0.1) is 35.7 Å². The largest absolute Gasteiger partial charge is 0.496 e. The van der Waals surface area contributed by atoms with E-state index in [2.05, 4.69) is 40.5 Å². The van der Waals surface area contributed by atoms with Crippen LogP contribution in [0.2, 0.25) is 0 Å². The molecule has 0 fully saturated rings. The highest BCUT2D eigenvalue weighted by molar-refractivity contribution is 7.11. The summed E-state index contributed by atoms with van der Waals surface area (Å²) in [5, 5.41) is 2.25. The highest BCUT2D eigenvalue weighted by Crippen LogP contribution is 2.32. The van der Waals surface area contributed by atoms with Crippen LogP contribution in [0.15, 0.2) is 30.8 Å². The second kappa shape index (κ2) is 5.42. The van der Waals surface area contributed by atoms with E-state index in [1.807, 2.05) is 12.1 Å². The number of benzene rings is 1. The Morgan fingerprint density at radius 1 is 1.43 bits per heavy atom. The van der Waals surface area contributed by atoms with Crippen LogP contribution < -0.4 is 4.74 Å². The number of nitrogens with one attached hydrogen (secondary N) is 1. The summed E-state index contributed by atoms with van der Waals surface area (Å²) >= 11 is 1.79. The van der Waals surface area contributed by atoms with Gasteiger partial charge in [0.15, 0.2) is 0 Å². The summed E-state index contributed by atoms with van der Waals surface area (Å²) in [5.41, 5.74) is 4.41. The number of thiazole rings is 1. The van der Waals surface area contributed by atoms with E-state index in [1.54, 1.807) is 18.4 Å². The van der Waals surface area contributed by atoms with Crippen LogP contribution in [0.5, 0.6) is 5.75 Å². The first-order valence-electron chi connectivity index (χ1n) is 7.71. The Bertz CT molecular complexity index is 893. The van der Waals surface area contributed by atoms with E-state index in [-0.39, 0.29) is 0 Å². The number of hydrogen-bond donors (Lipinski definition) is 1. The molecule has 0 saturated heterocycles. The van der Waals surface area contributed by atoms with Gasteiger partial charge < -0.3 is 14.6 Å². The molecule has 2 aromatic heterocycles. The van der Waals surface area contributed by atoms with Gasteiger partial charge in [-0.1, -0.05) is 12.6 Å². The topological polar surface area (TPSA) is 41.1 Å². The third-order valence-electron chi connectivity index (χ3n) is 4.37. The molecule has 0 spiro atoms. The zero-order valence-corrected chi connectivity index (χ0v) is 14.2. The number of nitrogens with zero attached hydrogens (tertiary/aromatic N) is 2. The van der Waals surface area contributed by atoms with Gasteiger partial charge in [-0.2, -0.15) is 0 Å². The molecule has 1 aliphatic heterocycles. The molecule has 0 amide bonds. The van der Waals surface area contributed by atoms with Crippen molar-refractivity contribution in [2.45, 2.75) is 19.9 Å². The van der Waals surface area contributed by atoms with Gasteiger partial charge in [-0.15, -0.1) is 11.3 Å². The van der Waals surface area contributed by atoms with Crippen LogP contribution in [0.25, 0.3) is 16.6 Å². The van der Waals surface area contributed by atoms with Crippen LogP contribution in [0, 0.1) is 6.92 Å². The minimum absolute atomic E-state index is 0.886. The molecule has 0 radical (unpaired) electrons. The van der Waals surface area contributed by atoms with Gasteiger partial charge >= 0.3 is 0 Å². The smallest absolute Gasteiger partial charge is 0.128 e. The maximum Gasteiger partial charge on any atom is 0.128 e. The quantitative estimate of drug-likeness (QED) is 0.792. The van der Waals surface area contributed by atoms with Crippen LogP contribution >= 0.6 is 11.3 Å². The van der Waals surface area contributed by atoms with Crippen molar-refractivity contribution >= 4 is 27.9 Å². The predicted octanol–water partition coefficient (Wildman–Crippen LogP) is 3.97. The Morgan fingerprint density at radius 3 is 3.13 bits per heavy atom. The van der Waals surface area contributed by atoms with E-state index in [0.29, 0.717) is 0 Å². The summed E-state index contributed by atoms with van der Waals surface area (Å²) in [4.78, 5) is 11.8. The fourth-order valence-electron chi connectivity index (χ4n) is 3.19. The number of aromatic nitrogens is 2. The van der Waals surface area contributed by atoms with Crippen LogP contribution in [-0.2, 0) is 13.0 Å². The van der Waals surface area contributed by atoms with E-state index in [1.165, 1.54) is 10.6 Å². The highest BCUT2D eigenvalue weighted by atomic mass is 32.1. The number of methoxy groups -OCH3 is 1. The molecule has 23 heavy (non-hydrogen) atoms. The zero-order valence-electron chi connectivity index (χ0n) is 13.3. The Morgan fingerprint density at radius 2 is 2.30 bits per heavy atom. The molecular formula is C18H19N3OS. The lowest BCUT2D eigenvalue weighted by molar-refractivity contribution is 0.375. The summed E-state index contributed by atoms with van der Waals surface area (Å²) < 4.78 is 5.45. The SMILES string of the molecule is C=C(c1cc2c(OC)cccc2[nH]1)N1CCc2nc(C)sc2C1. The molecule has 0 atom stereocenters. The number of aryl methyl sites for hydroxylation is 1. The van der Waals surface area contributed by atoms with E-state index in [9.17, 15) is 0 Å². The van der Waals surface area contributed by atoms with Crippen molar-refractivity contribution in [3.8, 4) is 5.75 Å². The molecule has 4 nitrogen and oxygen atoms in total. The highest BCUT2D eigenvalue weighted by Gasteiger charge is 2.22. The number of rotatable bonds is 3. The normalized spacial score (nSPS) is 14.1. The number of hydrogen-bond acceptors (Lipinski definition) is 4. The summed E-state index contributed by atoms with van der Waals surface area (Å²) in [6.45, 7) is 8.25. The average Bonchev–Trinajstić information content (AvgIpc) is 3.15. The Balaban J connectivity index is 1.65. The van der Waals surface area contributed by atoms with Crippen molar-refractivity contribution in [2.24, 2.45) is 0 Å². The zero-order chi connectivity index (χ0) is 16.0. The average molecular weight is 325 g/mol. The summed E-state index contributed by atoms with van der Waals surface area (Å²) in [7, 11) is 1.70. The second-order valence-corrected chi connectivity index (χ2v) is 7.11. The predicted molar refractivity (Wildman–Crippen MR) is 94.8 cm³/mol. The lowest BCUT2D eigenvalue weighted by Crippen LogP contribution is -2.28. The molecule has 0 bridgehead atoms. The lowest BCUT2D eigenvalue weighted by atomic mass is 10.1. The lowest BCUT2D eigenvalue weighted by Gasteiger charge is -2.29. The third-order valence-corrected chi connectivity index (χ3v) is 5.37. The number of fused-ring (bicyclic) bond motifs is 2. The van der Waals surface area contributed by atoms with Crippen molar-refractivity contribution in [3.63, 3.8) is 0 Å². The van der Waals surface area contributed by atoms with Crippen molar-refractivity contribution in [1.29, 1.82) is 0 Å². The van der Waals surface area contributed by atoms with Crippen LogP contribution in [-0.4, -0.2) is 28.5 Å². The van der Waals surface area contributed by atoms with E-state index >= 15 is 0 Å². The fraction of sp³-hybridized carbons (Fsp3) is 0.278. The number of aromatic amines is 1. The van der Waals surface area contributed by atoms with Crippen molar-refractivity contribution < 1.29 is 4.74 Å². The number of H-pyrrole nitrogens is 1. The standard InChI is InChI=1S/C18H19N3OS/c1-11(21-8-7-15-18(10-21)23-12(2)19-15)16-9-13-14(20-16)5-4-6-17(13)22-3/h4-6,9,20H,1,7-8,10H2,2-3H3. The maximum atomic E-state index is 5.45. The minimum Gasteiger partial charge on any atom is -0.496 e. The monoisotopic (exact) mass is 325 g/mol. The molecule has 118 valence electrons. The summed E-state index contributed by atoms with van der Waals surface area (Å²) in [6, 6.07) is 8.17. The molecule has 0 aliphatic carbocycles. The molecule has 0 unspecified atom stereocenters. The molecular weight excluding hydrogens is 306 g/mol. The van der Waals surface area contributed by atoms with Gasteiger partial charge in [0, 0.05) is 28.7 Å². The first-order valence-corrected chi connectivity index (χ1v) is 8.52. The molecule has 0 saturated carbocycles. The summed E-state index contributed by atoms with van der Waals surface area (Å²) in [5.74, 6) is 0.886. The first kappa shape index (κ1) is 14.3. The third kappa shape index (κ3) is 2.41. The van der Waals surface area contributed by atoms with Gasteiger partial charge in [-0.3, -0.25) is 0 Å². The Hall–Kier alpha value is -2.27. The minimum atomic E-state index is 0.886.